The minimum Gasteiger partial charge on any atom is -0.308 e. The smallest absolute Gasteiger partial charge is 0.241 e. The summed E-state index contributed by atoms with van der Waals surface area (Å²) in [4.78, 5) is 7.94. The van der Waals surface area contributed by atoms with Crippen LogP contribution in [0.4, 0.5) is 5.82 Å². The number of rotatable bonds is 5. The molecule has 7 nitrogen and oxygen atoms in total. The fourth-order valence-electron chi connectivity index (χ4n) is 1.24. The van der Waals surface area contributed by atoms with Gasteiger partial charge in [0.25, 0.3) is 0 Å². The van der Waals surface area contributed by atoms with Gasteiger partial charge in [0.1, 0.15) is 10.8 Å². The van der Waals surface area contributed by atoms with Crippen LogP contribution in [0.1, 0.15) is 5.01 Å². The number of pyridine rings is 1. The van der Waals surface area contributed by atoms with Gasteiger partial charge in [-0.3, -0.25) is 0 Å². The van der Waals surface area contributed by atoms with E-state index in [9.17, 15) is 8.42 Å². The topological polar surface area (TPSA) is 110 Å². The Balaban J connectivity index is 2.14. The van der Waals surface area contributed by atoms with Gasteiger partial charge in [0.2, 0.25) is 10.0 Å². The van der Waals surface area contributed by atoms with Crippen LogP contribution in [0, 0.1) is 0 Å². The summed E-state index contributed by atoms with van der Waals surface area (Å²) in [7, 11) is -3.59. The van der Waals surface area contributed by atoms with Crippen LogP contribution in [0.15, 0.2) is 34.8 Å². The highest BCUT2D eigenvalue weighted by Gasteiger charge is 2.14. The highest BCUT2D eigenvalue weighted by atomic mass is 32.2. The zero-order chi connectivity index (χ0) is 13.0. The van der Waals surface area contributed by atoms with Crippen molar-refractivity contribution >= 4 is 27.2 Å². The summed E-state index contributed by atoms with van der Waals surface area (Å²) in [6.07, 6.45) is 2.99. The number of aromatic nitrogens is 2. The maximum Gasteiger partial charge on any atom is 0.241 e. The fraction of sp³-hybridized carbons (Fsp3) is 0.111. The molecule has 0 saturated carbocycles. The van der Waals surface area contributed by atoms with Gasteiger partial charge >= 0.3 is 0 Å². The van der Waals surface area contributed by atoms with Crippen LogP contribution in [0.3, 0.4) is 0 Å². The number of anilines is 1. The number of hydrogen-bond acceptors (Lipinski definition) is 7. The first-order valence-electron chi connectivity index (χ1n) is 4.92. The molecule has 2 rings (SSSR count). The number of nitrogens with zero attached hydrogens (tertiary/aromatic N) is 2. The molecule has 4 N–H and O–H groups in total. The Morgan fingerprint density at radius 3 is 2.83 bits per heavy atom. The number of sulfonamides is 1. The lowest BCUT2D eigenvalue weighted by molar-refractivity contribution is 0.581. The summed E-state index contributed by atoms with van der Waals surface area (Å²) < 4.78 is 26.4. The van der Waals surface area contributed by atoms with Crippen molar-refractivity contribution in [2.24, 2.45) is 5.84 Å². The van der Waals surface area contributed by atoms with Crippen molar-refractivity contribution in [2.45, 2.75) is 11.4 Å². The Morgan fingerprint density at radius 2 is 2.17 bits per heavy atom. The van der Waals surface area contributed by atoms with E-state index in [2.05, 4.69) is 20.1 Å². The molecular weight excluding hydrogens is 274 g/mol. The van der Waals surface area contributed by atoms with E-state index in [0.29, 0.717) is 5.01 Å². The molecule has 0 aromatic carbocycles. The second-order valence-electron chi connectivity index (χ2n) is 3.27. The van der Waals surface area contributed by atoms with E-state index >= 15 is 0 Å². The first-order valence-corrected chi connectivity index (χ1v) is 7.29. The van der Waals surface area contributed by atoms with E-state index in [1.807, 2.05) is 0 Å². The number of nitrogens with two attached hydrogens (primary N) is 1. The lowest BCUT2D eigenvalue weighted by atomic mass is 10.5. The minimum absolute atomic E-state index is 0.0991. The van der Waals surface area contributed by atoms with Crippen molar-refractivity contribution in [1.82, 2.24) is 14.7 Å². The van der Waals surface area contributed by atoms with E-state index in [1.54, 1.807) is 11.6 Å². The predicted octanol–water partition coefficient (Wildman–Crippen LogP) is 0.302. The highest BCUT2D eigenvalue weighted by molar-refractivity contribution is 7.89. The lowest BCUT2D eigenvalue weighted by Gasteiger charge is -2.06. The summed E-state index contributed by atoms with van der Waals surface area (Å²) in [6, 6.07) is 2.75. The third-order valence-electron chi connectivity index (χ3n) is 2.09. The minimum atomic E-state index is -3.59. The molecule has 0 spiro atoms. The van der Waals surface area contributed by atoms with Gasteiger partial charge in [-0.1, -0.05) is 0 Å². The molecule has 18 heavy (non-hydrogen) atoms. The summed E-state index contributed by atoms with van der Waals surface area (Å²) in [5.41, 5.74) is 2.30. The molecule has 96 valence electrons. The SMILES string of the molecule is NNc1cc(S(=O)(=O)NCc2nccs2)ccn1. The van der Waals surface area contributed by atoms with Gasteiger partial charge < -0.3 is 5.43 Å². The molecule has 2 aromatic rings. The average Bonchev–Trinajstić information content (AvgIpc) is 2.90. The highest BCUT2D eigenvalue weighted by Crippen LogP contribution is 2.12. The number of nitrogens with one attached hydrogen (secondary N) is 2. The standard InChI is InChI=1S/C9H11N5O2S2/c10-14-8-5-7(1-2-11-8)18(15,16)13-6-9-12-3-4-17-9/h1-5,13H,6,10H2,(H,11,14). The molecule has 0 bridgehead atoms. The van der Waals surface area contributed by atoms with Crippen LogP contribution < -0.4 is 16.0 Å². The zero-order valence-corrected chi connectivity index (χ0v) is 10.8. The molecule has 2 heterocycles. The van der Waals surface area contributed by atoms with Gasteiger partial charge in [0.05, 0.1) is 11.4 Å². The number of nitrogen functional groups attached to an aromatic ring is 1. The van der Waals surface area contributed by atoms with Gasteiger partial charge in [0.15, 0.2) is 0 Å². The fourth-order valence-corrected chi connectivity index (χ4v) is 2.89. The van der Waals surface area contributed by atoms with Gasteiger partial charge in [-0.25, -0.2) is 29.0 Å². The molecule has 0 amide bonds. The van der Waals surface area contributed by atoms with E-state index in [4.69, 9.17) is 5.84 Å². The van der Waals surface area contributed by atoms with Crippen LogP contribution in [-0.4, -0.2) is 18.4 Å². The third-order valence-corrected chi connectivity index (χ3v) is 4.26. The zero-order valence-electron chi connectivity index (χ0n) is 9.20. The van der Waals surface area contributed by atoms with Crippen LogP contribution in [0.25, 0.3) is 0 Å². The second kappa shape index (κ2) is 5.40. The molecular formula is C9H11N5O2S2. The lowest BCUT2D eigenvalue weighted by Crippen LogP contribution is -2.23. The summed E-state index contributed by atoms with van der Waals surface area (Å²) in [5.74, 6) is 5.46. The monoisotopic (exact) mass is 285 g/mol. The molecule has 2 aromatic heterocycles. The van der Waals surface area contributed by atoms with Crippen LogP contribution in [0.5, 0.6) is 0 Å². The molecule has 0 aliphatic heterocycles. The van der Waals surface area contributed by atoms with Gasteiger partial charge in [-0.2, -0.15) is 0 Å². The van der Waals surface area contributed by atoms with Gasteiger partial charge in [-0.05, 0) is 6.07 Å². The first kappa shape index (κ1) is 12.9. The Bertz CT molecular complexity index is 612. The normalized spacial score (nSPS) is 11.4. The number of thiazole rings is 1. The second-order valence-corrected chi connectivity index (χ2v) is 6.02. The molecule has 0 saturated heterocycles. The molecule has 0 aliphatic rings. The molecule has 9 heteroatoms. The predicted molar refractivity (Wildman–Crippen MR) is 68.2 cm³/mol. The van der Waals surface area contributed by atoms with Crippen LogP contribution >= 0.6 is 11.3 Å². The first-order chi connectivity index (χ1) is 8.62. The van der Waals surface area contributed by atoms with Crippen molar-refractivity contribution in [3.8, 4) is 0 Å². The van der Waals surface area contributed by atoms with Crippen molar-refractivity contribution < 1.29 is 8.42 Å². The van der Waals surface area contributed by atoms with E-state index in [1.165, 1.54) is 29.7 Å². The largest absolute Gasteiger partial charge is 0.308 e. The maximum absolute atomic E-state index is 12.0. The molecule has 0 unspecified atom stereocenters. The van der Waals surface area contributed by atoms with Crippen molar-refractivity contribution in [2.75, 3.05) is 5.43 Å². The summed E-state index contributed by atoms with van der Waals surface area (Å²) in [6.45, 7) is 0.160. The summed E-state index contributed by atoms with van der Waals surface area (Å²) >= 11 is 1.38. The van der Waals surface area contributed by atoms with Crippen LogP contribution in [0.2, 0.25) is 0 Å². The van der Waals surface area contributed by atoms with E-state index < -0.39 is 10.0 Å². The Labute approximate surface area is 108 Å². The van der Waals surface area contributed by atoms with Gasteiger partial charge in [0, 0.05) is 23.8 Å². The summed E-state index contributed by atoms with van der Waals surface area (Å²) in [5, 5.41) is 2.48. The molecule has 0 atom stereocenters. The Kier molecular flexibility index (Phi) is 3.87. The number of hydrazine groups is 1. The van der Waals surface area contributed by atoms with Crippen LogP contribution in [-0.2, 0) is 16.6 Å². The van der Waals surface area contributed by atoms with Crippen molar-refractivity contribution in [3.63, 3.8) is 0 Å². The van der Waals surface area contributed by atoms with Crippen molar-refractivity contribution in [3.05, 3.63) is 34.9 Å². The Morgan fingerprint density at radius 1 is 1.33 bits per heavy atom. The van der Waals surface area contributed by atoms with E-state index in [-0.39, 0.29) is 17.3 Å². The van der Waals surface area contributed by atoms with E-state index in [0.717, 1.165) is 0 Å². The maximum atomic E-state index is 12.0. The number of hydrogen-bond donors (Lipinski definition) is 3. The quantitative estimate of drug-likeness (QED) is 0.538. The molecule has 0 aliphatic carbocycles. The van der Waals surface area contributed by atoms with Crippen molar-refractivity contribution in [1.29, 1.82) is 0 Å². The average molecular weight is 285 g/mol. The molecule has 0 radical (unpaired) electrons. The third kappa shape index (κ3) is 3.01. The Hall–Kier alpha value is -1.55. The molecule has 0 fully saturated rings. The van der Waals surface area contributed by atoms with Gasteiger partial charge in [-0.15, -0.1) is 11.3 Å².